The SMILES string of the molecule is O=C([C@@H]1CN(C(=O)c2cnn(-c3ccccc3)n2)c2ccccc2O1)N1CCOCC1. The third-order valence-electron chi connectivity index (χ3n) is 5.32. The Morgan fingerprint density at radius 1 is 0.968 bits per heavy atom. The molecule has 2 aliphatic heterocycles. The lowest BCUT2D eigenvalue weighted by molar-refractivity contribution is -0.142. The molecule has 3 heterocycles. The van der Waals surface area contributed by atoms with E-state index in [1.165, 1.54) is 11.0 Å². The Labute approximate surface area is 178 Å². The van der Waals surface area contributed by atoms with Crippen LogP contribution < -0.4 is 9.64 Å². The van der Waals surface area contributed by atoms with Crippen LogP contribution in [0.5, 0.6) is 5.75 Å². The second kappa shape index (κ2) is 8.19. The minimum absolute atomic E-state index is 0.101. The van der Waals surface area contributed by atoms with Crippen LogP contribution in [-0.2, 0) is 9.53 Å². The zero-order valence-corrected chi connectivity index (χ0v) is 16.8. The predicted molar refractivity (Wildman–Crippen MR) is 111 cm³/mol. The molecule has 1 fully saturated rings. The number of carbonyl (C=O) groups excluding carboxylic acids is 2. The van der Waals surface area contributed by atoms with Crippen LogP contribution in [0.15, 0.2) is 60.8 Å². The number of aromatic nitrogens is 3. The first-order valence-electron chi connectivity index (χ1n) is 10.1. The van der Waals surface area contributed by atoms with Gasteiger partial charge in [-0.1, -0.05) is 30.3 Å². The molecule has 9 nitrogen and oxygen atoms in total. The number of morpholine rings is 1. The summed E-state index contributed by atoms with van der Waals surface area (Å²) in [4.78, 5) is 31.1. The number of hydrogen-bond donors (Lipinski definition) is 0. The molecule has 31 heavy (non-hydrogen) atoms. The van der Waals surface area contributed by atoms with E-state index in [1.54, 1.807) is 21.9 Å². The van der Waals surface area contributed by atoms with Crippen molar-refractivity contribution in [2.45, 2.75) is 6.10 Å². The van der Waals surface area contributed by atoms with Crippen molar-refractivity contribution >= 4 is 17.5 Å². The normalized spacial score (nSPS) is 18.3. The molecule has 0 N–H and O–H groups in total. The van der Waals surface area contributed by atoms with Crippen molar-refractivity contribution in [3.8, 4) is 11.4 Å². The van der Waals surface area contributed by atoms with Gasteiger partial charge >= 0.3 is 0 Å². The lowest BCUT2D eigenvalue weighted by atomic mass is 10.1. The number of benzene rings is 2. The monoisotopic (exact) mass is 419 g/mol. The molecular formula is C22H21N5O4. The molecule has 3 aromatic rings. The number of para-hydroxylation sites is 3. The Bertz CT molecular complexity index is 1090. The maximum atomic E-state index is 13.4. The fourth-order valence-corrected chi connectivity index (χ4v) is 3.73. The molecule has 2 aliphatic rings. The molecule has 1 atom stereocenters. The van der Waals surface area contributed by atoms with E-state index in [-0.39, 0.29) is 24.1 Å². The maximum absolute atomic E-state index is 13.4. The molecule has 0 bridgehead atoms. The molecule has 158 valence electrons. The molecule has 5 rings (SSSR count). The highest BCUT2D eigenvalue weighted by Gasteiger charge is 2.37. The van der Waals surface area contributed by atoms with Crippen LogP contribution >= 0.6 is 0 Å². The molecule has 2 amide bonds. The molecule has 2 aromatic carbocycles. The van der Waals surface area contributed by atoms with Gasteiger partial charge < -0.3 is 14.4 Å². The van der Waals surface area contributed by atoms with Crippen molar-refractivity contribution in [1.82, 2.24) is 19.9 Å². The van der Waals surface area contributed by atoms with Gasteiger partial charge in [0.25, 0.3) is 11.8 Å². The Kier molecular flexibility index (Phi) is 5.09. The average Bonchev–Trinajstić information content (AvgIpc) is 3.34. The minimum Gasteiger partial charge on any atom is -0.476 e. The fourth-order valence-electron chi connectivity index (χ4n) is 3.73. The number of carbonyl (C=O) groups is 2. The molecule has 0 saturated carbocycles. The van der Waals surface area contributed by atoms with E-state index >= 15 is 0 Å². The number of amides is 2. The molecule has 0 spiro atoms. The van der Waals surface area contributed by atoms with Crippen LogP contribution in [0.1, 0.15) is 10.5 Å². The van der Waals surface area contributed by atoms with Crippen LogP contribution in [-0.4, -0.2) is 70.7 Å². The first-order valence-corrected chi connectivity index (χ1v) is 10.1. The molecule has 0 radical (unpaired) electrons. The third-order valence-corrected chi connectivity index (χ3v) is 5.32. The Balaban J connectivity index is 1.42. The summed E-state index contributed by atoms with van der Waals surface area (Å²) < 4.78 is 11.3. The number of hydrogen-bond acceptors (Lipinski definition) is 6. The molecule has 1 saturated heterocycles. The van der Waals surface area contributed by atoms with E-state index in [0.717, 1.165) is 5.69 Å². The minimum atomic E-state index is -0.791. The van der Waals surface area contributed by atoms with Crippen molar-refractivity contribution in [3.63, 3.8) is 0 Å². The maximum Gasteiger partial charge on any atom is 0.280 e. The quantitative estimate of drug-likeness (QED) is 0.640. The Morgan fingerprint density at radius 2 is 1.71 bits per heavy atom. The van der Waals surface area contributed by atoms with E-state index in [1.807, 2.05) is 42.5 Å². The standard InChI is InChI=1S/C22H21N5O4/c28-21(17-14-23-27(24-17)16-6-2-1-3-7-16)26-15-20(22(29)25-10-12-30-13-11-25)31-19-9-5-4-8-18(19)26/h1-9,14,20H,10-13,15H2/t20-/m0/s1. The van der Waals surface area contributed by atoms with E-state index in [2.05, 4.69) is 10.2 Å². The van der Waals surface area contributed by atoms with Gasteiger partial charge in [0.05, 0.1) is 37.3 Å². The summed E-state index contributed by atoms with van der Waals surface area (Å²) in [6, 6.07) is 16.6. The van der Waals surface area contributed by atoms with Gasteiger partial charge in [0.2, 0.25) is 0 Å². The van der Waals surface area contributed by atoms with E-state index in [4.69, 9.17) is 9.47 Å². The largest absolute Gasteiger partial charge is 0.476 e. The fraction of sp³-hybridized carbons (Fsp3) is 0.273. The summed E-state index contributed by atoms with van der Waals surface area (Å²) in [6.07, 6.45) is 0.646. The van der Waals surface area contributed by atoms with Gasteiger partial charge in [0, 0.05) is 13.1 Å². The van der Waals surface area contributed by atoms with Gasteiger partial charge in [-0.25, -0.2) is 0 Å². The van der Waals surface area contributed by atoms with Gasteiger partial charge in [-0.05, 0) is 24.3 Å². The second-order valence-electron chi connectivity index (χ2n) is 7.28. The smallest absolute Gasteiger partial charge is 0.280 e. The summed E-state index contributed by atoms with van der Waals surface area (Å²) >= 11 is 0. The Hall–Kier alpha value is -3.72. The van der Waals surface area contributed by atoms with Crippen LogP contribution in [0.2, 0.25) is 0 Å². The van der Waals surface area contributed by atoms with Crippen molar-refractivity contribution < 1.29 is 19.1 Å². The van der Waals surface area contributed by atoms with Crippen molar-refractivity contribution in [3.05, 3.63) is 66.5 Å². The molecule has 0 aliphatic carbocycles. The first-order chi connectivity index (χ1) is 15.2. The second-order valence-corrected chi connectivity index (χ2v) is 7.28. The van der Waals surface area contributed by atoms with Gasteiger partial charge in [-0.3, -0.25) is 14.5 Å². The molecular weight excluding hydrogens is 398 g/mol. The van der Waals surface area contributed by atoms with Gasteiger partial charge in [0.1, 0.15) is 5.75 Å². The lowest BCUT2D eigenvalue weighted by Crippen LogP contribution is -2.54. The van der Waals surface area contributed by atoms with Gasteiger partial charge in [0.15, 0.2) is 11.8 Å². The van der Waals surface area contributed by atoms with Gasteiger partial charge in [-0.15, -0.1) is 5.10 Å². The first kappa shape index (κ1) is 19.3. The van der Waals surface area contributed by atoms with E-state index in [9.17, 15) is 9.59 Å². The zero-order valence-electron chi connectivity index (χ0n) is 16.8. The van der Waals surface area contributed by atoms with Crippen LogP contribution in [0.3, 0.4) is 0 Å². The van der Waals surface area contributed by atoms with E-state index < -0.39 is 6.10 Å². The van der Waals surface area contributed by atoms with Crippen LogP contribution in [0.25, 0.3) is 5.69 Å². The van der Waals surface area contributed by atoms with Gasteiger partial charge in [-0.2, -0.15) is 9.90 Å². The van der Waals surface area contributed by atoms with Crippen molar-refractivity contribution in [2.24, 2.45) is 0 Å². The lowest BCUT2D eigenvalue weighted by Gasteiger charge is -2.37. The highest BCUT2D eigenvalue weighted by Crippen LogP contribution is 2.34. The summed E-state index contributed by atoms with van der Waals surface area (Å²) in [7, 11) is 0. The van der Waals surface area contributed by atoms with Crippen LogP contribution in [0.4, 0.5) is 5.69 Å². The summed E-state index contributed by atoms with van der Waals surface area (Å²) in [6.45, 7) is 2.13. The number of fused-ring (bicyclic) bond motifs is 1. The summed E-state index contributed by atoms with van der Waals surface area (Å²) in [5.74, 6) is 0.00501. The number of ether oxygens (including phenoxy) is 2. The zero-order chi connectivity index (χ0) is 21.2. The highest BCUT2D eigenvalue weighted by molar-refractivity contribution is 6.06. The summed E-state index contributed by atoms with van der Waals surface area (Å²) in [5.41, 5.74) is 1.55. The van der Waals surface area contributed by atoms with Crippen molar-refractivity contribution in [2.75, 3.05) is 37.7 Å². The third kappa shape index (κ3) is 3.75. The Morgan fingerprint density at radius 3 is 2.52 bits per heavy atom. The number of rotatable bonds is 3. The van der Waals surface area contributed by atoms with E-state index in [0.29, 0.717) is 37.7 Å². The highest BCUT2D eigenvalue weighted by atomic mass is 16.5. The molecule has 1 aromatic heterocycles. The predicted octanol–water partition coefficient (Wildman–Crippen LogP) is 1.53. The number of anilines is 1. The summed E-state index contributed by atoms with van der Waals surface area (Å²) in [5, 5.41) is 8.57. The molecule has 0 unspecified atom stereocenters. The van der Waals surface area contributed by atoms with Crippen molar-refractivity contribution in [1.29, 1.82) is 0 Å². The topological polar surface area (TPSA) is 89.8 Å². The number of nitrogens with zero attached hydrogens (tertiary/aromatic N) is 5. The average molecular weight is 419 g/mol. The van der Waals surface area contributed by atoms with Crippen LogP contribution in [0, 0.1) is 0 Å². The molecule has 9 heteroatoms.